The Kier molecular flexibility index (Phi) is 2.83. The van der Waals surface area contributed by atoms with Gasteiger partial charge in [0, 0.05) is 24.8 Å². The van der Waals surface area contributed by atoms with Crippen LogP contribution in [0.15, 0.2) is 22.6 Å². The van der Waals surface area contributed by atoms with Crippen molar-refractivity contribution >= 4 is 22.8 Å². The van der Waals surface area contributed by atoms with Crippen molar-refractivity contribution in [1.29, 1.82) is 0 Å². The first-order chi connectivity index (χ1) is 9.79. The molecule has 2 unspecified atom stereocenters. The van der Waals surface area contributed by atoms with Gasteiger partial charge in [0.1, 0.15) is 5.52 Å². The summed E-state index contributed by atoms with van der Waals surface area (Å²) >= 11 is 0. The van der Waals surface area contributed by atoms with Crippen molar-refractivity contribution < 1.29 is 4.42 Å². The molecule has 2 aliphatic rings. The summed E-state index contributed by atoms with van der Waals surface area (Å²) in [5.74, 6) is 1.76. The normalized spacial score (nSPS) is 26.7. The second kappa shape index (κ2) is 4.69. The molecule has 2 fully saturated rings. The van der Waals surface area contributed by atoms with E-state index in [0.29, 0.717) is 0 Å². The van der Waals surface area contributed by atoms with Gasteiger partial charge in [-0.15, -0.1) is 0 Å². The van der Waals surface area contributed by atoms with E-state index in [0.717, 1.165) is 47.7 Å². The van der Waals surface area contributed by atoms with Crippen molar-refractivity contribution in [2.45, 2.75) is 32.1 Å². The summed E-state index contributed by atoms with van der Waals surface area (Å²) in [6, 6.07) is 6.45. The summed E-state index contributed by atoms with van der Waals surface area (Å²) < 4.78 is 5.90. The van der Waals surface area contributed by atoms with Crippen molar-refractivity contribution in [3.8, 4) is 0 Å². The third-order valence-corrected chi connectivity index (χ3v) is 4.96. The molecule has 4 nitrogen and oxygen atoms in total. The maximum atomic E-state index is 5.90. The van der Waals surface area contributed by atoms with E-state index < -0.39 is 0 Å². The molecule has 1 saturated heterocycles. The van der Waals surface area contributed by atoms with E-state index in [1.165, 1.54) is 32.1 Å². The summed E-state index contributed by atoms with van der Waals surface area (Å²) in [5, 5.41) is 0. The number of aromatic nitrogens is 1. The van der Waals surface area contributed by atoms with Crippen molar-refractivity contribution in [2.24, 2.45) is 11.8 Å². The highest BCUT2D eigenvalue weighted by atomic mass is 16.4. The van der Waals surface area contributed by atoms with Crippen molar-refractivity contribution in [3.63, 3.8) is 0 Å². The lowest BCUT2D eigenvalue weighted by atomic mass is 9.75. The molecule has 1 saturated carbocycles. The van der Waals surface area contributed by atoms with Crippen LogP contribution in [0.25, 0.3) is 11.1 Å². The Balaban J connectivity index is 1.59. The monoisotopic (exact) mass is 271 g/mol. The molecule has 1 aliphatic heterocycles. The number of anilines is 2. The largest absolute Gasteiger partial charge is 0.423 e. The number of hydrogen-bond donors (Lipinski definition) is 1. The average Bonchev–Trinajstić information content (AvgIpc) is 2.89. The van der Waals surface area contributed by atoms with Gasteiger partial charge in [-0.3, -0.25) is 0 Å². The maximum absolute atomic E-state index is 5.90. The molecule has 2 aromatic rings. The topological polar surface area (TPSA) is 55.3 Å². The first-order valence-corrected chi connectivity index (χ1v) is 7.70. The molecule has 4 heteroatoms. The molecule has 2 heterocycles. The van der Waals surface area contributed by atoms with Gasteiger partial charge in [-0.05, 0) is 36.8 Å². The summed E-state index contributed by atoms with van der Waals surface area (Å²) in [5.41, 5.74) is 8.23. The molecule has 0 spiro atoms. The van der Waals surface area contributed by atoms with Gasteiger partial charge in [-0.25, -0.2) is 0 Å². The Morgan fingerprint density at radius 2 is 2.00 bits per heavy atom. The van der Waals surface area contributed by atoms with Crippen molar-refractivity contribution in [2.75, 3.05) is 23.7 Å². The average molecular weight is 271 g/mol. The van der Waals surface area contributed by atoms with Crippen LogP contribution >= 0.6 is 0 Å². The minimum atomic E-state index is 0.728. The number of fused-ring (bicyclic) bond motifs is 2. The lowest BCUT2D eigenvalue weighted by Crippen LogP contribution is -2.41. The first-order valence-electron chi connectivity index (χ1n) is 7.70. The number of hydrogen-bond acceptors (Lipinski definition) is 4. The van der Waals surface area contributed by atoms with E-state index >= 15 is 0 Å². The molecule has 0 amide bonds. The van der Waals surface area contributed by atoms with E-state index in [1.54, 1.807) is 0 Å². The smallest absolute Gasteiger partial charge is 0.298 e. The Hall–Kier alpha value is -1.71. The van der Waals surface area contributed by atoms with Crippen LogP contribution in [0, 0.1) is 11.8 Å². The minimum Gasteiger partial charge on any atom is -0.423 e. The van der Waals surface area contributed by atoms with Gasteiger partial charge in [0.2, 0.25) is 0 Å². The van der Waals surface area contributed by atoms with Gasteiger partial charge < -0.3 is 15.1 Å². The van der Waals surface area contributed by atoms with E-state index in [-0.39, 0.29) is 0 Å². The van der Waals surface area contributed by atoms with E-state index in [1.807, 2.05) is 18.2 Å². The zero-order valence-electron chi connectivity index (χ0n) is 11.7. The molecule has 1 aliphatic carbocycles. The fourth-order valence-corrected chi connectivity index (χ4v) is 3.84. The molecule has 20 heavy (non-hydrogen) atoms. The third kappa shape index (κ3) is 2.03. The molecule has 1 aromatic carbocycles. The fraction of sp³-hybridized carbons (Fsp3) is 0.562. The molecule has 2 atom stereocenters. The standard InChI is InChI=1S/C16H21N3O/c17-13-5-6-14-15(9-13)20-16(18-14)19-8-7-11-3-1-2-4-12(11)10-19/h5-6,9,11-12H,1-4,7-8,10,17H2. The Bertz CT molecular complexity index is 621. The Labute approximate surface area is 118 Å². The number of piperidine rings is 1. The van der Waals surface area contributed by atoms with Gasteiger partial charge in [0.15, 0.2) is 5.58 Å². The Morgan fingerprint density at radius 1 is 1.15 bits per heavy atom. The molecule has 1 aromatic heterocycles. The number of nitrogens with zero attached hydrogens (tertiary/aromatic N) is 2. The van der Waals surface area contributed by atoms with Crippen LogP contribution < -0.4 is 10.6 Å². The van der Waals surface area contributed by atoms with Gasteiger partial charge in [0.05, 0.1) is 0 Å². The highest BCUT2D eigenvalue weighted by Gasteiger charge is 2.32. The first kappa shape index (κ1) is 12.1. The lowest BCUT2D eigenvalue weighted by molar-refractivity contribution is 0.199. The van der Waals surface area contributed by atoms with Gasteiger partial charge in [0.25, 0.3) is 6.01 Å². The number of nitrogen functional groups attached to an aromatic ring is 1. The van der Waals surface area contributed by atoms with E-state index in [4.69, 9.17) is 10.2 Å². The number of rotatable bonds is 1. The van der Waals surface area contributed by atoms with Crippen molar-refractivity contribution in [1.82, 2.24) is 4.98 Å². The minimum absolute atomic E-state index is 0.728. The van der Waals surface area contributed by atoms with Crippen LogP contribution in [-0.2, 0) is 0 Å². The summed E-state index contributed by atoms with van der Waals surface area (Å²) in [7, 11) is 0. The third-order valence-electron chi connectivity index (χ3n) is 4.96. The van der Waals surface area contributed by atoms with Gasteiger partial charge in [-0.2, -0.15) is 4.98 Å². The van der Waals surface area contributed by atoms with Gasteiger partial charge in [-0.1, -0.05) is 19.3 Å². The number of benzene rings is 1. The quantitative estimate of drug-likeness (QED) is 0.807. The zero-order chi connectivity index (χ0) is 13.5. The van der Waals surface area contributed by atoms with E-state index in [9.17, 15) is 0 Å². The molecule has 2 N–H and O–H groups in total. The summed E-state index contributed by atoms with van der Waals surface area (Å²) in [6.07, 6.45) is 6.88. The molecule has 106 valence electrons. The van der Waals surface area contributed by atoms with Gasteiger partial charge >= 0.3 is 0 Å². The SMILES string of the molecule is Nc1ccc2nc(N3CCC4CCCCC4C3)oc2c1. The molecule has 0 radical (unpaired) electrons. The van der Waals surface area contributed by atoms with Crippen LogP contribution in [-0.4, -0.2) is 18.1 Å². The highest BCUT2D eigenvalue weighted by Crippen LogP contribution is 2.37. The van der Waals surface area contributed by atoms with E-state index in [2.05, 4.69) is 9.88 Å². The Morgan fingerprint density at radius 3 is 2.90 bits per heavy atom. The highest BCUT2D eigenvalue weighted by molar-refractivity contribution is 5.78. The van der Waals surface area contributed by atoms with Crippen LogP contribution in [0.5, 0.6) is 0 Å². The molecular formula is C16H21N3O. The molecule has 0 bridgehead atoms. The predicted molar refractivity (Wildman–Crippen MR) is 80.7 cm³/mol. The zero-order valence-corrected chi connectivity index (χ0v) is 11.7. The van der Waals surface area contributed by atoms with Crippen molar-refractivity contribution in [3.05, 3.63) is 18.2 Å². The predicted octanol–water partition coefficient (Wildman–Crippen LogP) is 3.43. The van der Waals surface area contributed by atoms with Crippen LogP contribution in [0.3, 0.4) is 0 Å². The molecular weight excluding hydrogens is 250 g/mol. The second-order valence-electron chi connectivity index (χ2n) is 6.26. The summed E-state index contributed by atoms with van der Waals surface area (Å²) in [4.78, 5) is 6.94. The summed E-state index contributed by atoms with van der Waals surface area (Å²) in [6.45, 7) is 2.18. The maximum Gasteiger partial charge on any atom is 0.298 e. The lowest BCUT2D eigenvalue weighted by Gasteiger charge is -2.40. The number of nitrogens with two attached hydrogens (primary N) is 1. The second-order valence-corrected chi connectivity index (χ2v) is 6.26. The van der Waals surface area contributed by atoms with Crippen LogP contribution in [0.1, 0.15) is 32.1 Å². The van der Waals surface area contributed by atoms with Crippen LogP contribution in [0.2, 0.25) is 0 Å². The molecule has 4 rings (SSSR count). The van der Waals surface area contributed by atoms with Crippen LogP contribution in [0.4, 0.5) is 11.7 Å². The number of oxazole rings is 1. The fourth-order valence-electron chi connectivity index (χ4n) is 3.84.